The van der Waals surface area contributed by atoms with E-state index in [-0.39, 0.29) is 0 Å². The minimum atomic E-state index is 0.367. The van der Waals surface area contributed by atoms with Gasteiger partial charge in [-0.1, -0.05) is 65.2 Å². The van der Waals surface area contributed by atoms with E-state index in [4.69, 9.17) is 9.47 Å². The maximum atomic E-state index is 6.12. The van der Waals surface area contributed by atoms with Crippen LogP contribution in [0.5, 0.6) is 0 Å². The van der Waals surface area contributed by atoms with Crippen molar-refractivity contribution in [3.8, 4) is 0 Å². The second-order valence-electron chi connectivity index (χ2n) is 5.62. The molecule has 1 saturated heterocycles. The lowest BCUT2D eigenvalue weighted by molar-refractivity contribution is -0.142. The lowest BCUT2D eigenvalue weighted by atomic mass is 10.1. The van der Waals surface area contributed by atoms with E-state index in [0.717, 1.165) is 13.2 Å². The Kier molecular flexibility index (Phi) is 9.59. The predicted octanol–water partition coefficient (Wildman–Crippen LogP) is 4.71. The third kappa shape index (κ3) is 7.38. The fourth-order valence-electron chi connectivity index (χ4n) is 2.58. The molecule has 2 unspecified atom stereocenters. The van der Waals surface area contributed by atoms with E-state index < -0.39 is 0 Å². The molecule has 108 valence electrons. The van der Waals surface area contributed by atoms with Crippen molar-refractivity contribution in [1.82, 2.24) is 0 Å². The zero-order valence-electron chi connectivity index (χ0n) is 12.5. The van der Waals surface area contributed by atoms with E-state index >= 15 is 0 Å². The molecule has 0 amide bonds. The summed E-state index contributed by atoms with van der Waals surface area (Å²) in [6, 6.07) is 0. The first kappa shape index (κ1) is 16.0. The molecule has 1 fully saturated rings. The van der Waals surface area contributed by atoms with Gasteiger partial charge in [0.1, 0.15) is 0 Å². The van der Waals surface area contributed by atoms with Crippen molar-refractivity contribution in [2.75, 3.05) is 13.2 Å². The summed E-state index contributed by atoms with van der Waals surface area (Å²) in [4.78, 5) is 0. The molecule has 0 spiro atoms. The maximum absolute atomic E-state index is 6.12. The zero-order chi connectivity index (χ0) is 13.1. The Balaban J connectivity index is 2.04. The molecule has 0 N–H and O–H groups in total. The molecule has 1 aliphatic rings. The van der Waals surface area contributed by atoms with Crippen LogP contribution in [-0.2, 0) is 9.47 Å². The molecular formula is C16H32O2. The van der Waals surface area contributed by atoms with Crippen molar-refractivity contribution in [2.24, 2.45) is 0 Å². The predicted molar refractivity (Wildman–Crippen MR) is 77.0 cm³/mol. The molecule has 0 saturated carbocycles. The summed E-state index contributed by atoms with van der Waals surface area (Å²) in [6.45, 7) is 6.15. The molecule has 0 aromatic carbocycles. The molecule has 0 aliphatic carbocycles. The Bertz CT molecular complexity index is 164. The van der Waals surface area contributed by atoms with Gasteiger partial charge in [-0.2, -0.15) is 0 Å². The van der Waals surface area contributed by atoms with Gasteiger partial charge in [-0.05, 0) is 12.8 Å². The number of rotatable bonds is 10. The van der Waals surface area contributed by atoms with E-state index in [1.807, 2.05) is 0 Å². The summed E-state index contributed by atoms with van der Waals surface area (Å²) >= 11 is 0. The lowest BCUT2D eigenvalue weighted by Gasteiger charge is -2.30. The Morgan fingerprint density at radius 1 is 0.722 bits per heavy atom. The topological polar surface area (TPSA) is 18.5 Å². The van der Waals surface area contributed by atoms with Crippen LogP contribution in [0.4, 0.5) is 0 Å². The molecule has 18 heavy (non-hydrogen) atoms. The number of hydrogen-bond acceptors (Lipinski definition) is 2. The average Bonchev–Trinajstić information content (AvgIpc) is 2.40. The minimum absolute atomic E-state index is 0.367. The van der Waals surface area contributed by atoms with Crippen LogP contribution in [0.25, 0.3) is 0 Å². The van der Waals surface area contributed by atoms with E-state index in [1.165, 1.54) is 64.2 Å². The van der Waals surface area contributed by atoms with Gasteiger partial charge in [0.25, 0.3) is 0 Å². The molecule has 0 radical (unpaired) electrons. The van der Waals surface area contributed by atoms with E-state index in [9.17, 15) is 0 Å². The van der Waals surface area contributed by atoms with Gasteiger partial charge in [0.15, 0.2) is 0 Å². The van der Waals surface area contributed by atoms with Crippen molar-refractivity contribution >= 4 is 0 Å². The molecule has 0 aromatic rings. The van der Waals surface area contributed by atoms with Crippen molar-refractivity contribution in [2.45, 2.75) is 90.3 Å². The fourth-order valence-corrected chi connectivity index (χ4v) is 2.58. The van der Waals surface area contributed by atoms with Gasteiger partial charge in [-0.3, -0.25) is 0 Å². The summed E-state index contributed by atoms with van der Waals surface area (Å²) in [5.41, 5.74) is 0. The van der Waals surface area contributed by atoms with Crippen LogP contribution in [-0.4, -0.2) is 25.4 Å². The van der Waals surface area contributed by atoms with Gasteiger partial charge >= 0.3 is 0 Å². The normalized spacial score (nSPS) is 24.3. The Hall–Kier alpha value is -0.0800. The van der Waals surface area contributed by atoms with Crippen LogP contribution < -0.4 is 0 Å². The molecule has 1 rings (SSSR count). The second kappa shape index (κ2) is 10.8. The highest BCUT2D eigenvalue weighted by atomic mass is 16.6. The van der Waals surface area contributed by atoms with Crippen LogP contribution in [0.3, 0.4) is 0 Å². The molecule has 0 bridgehead atoms. The third-order valence-electron chi connectivity index (χ3n) is 3.75. The van der Waals surface area contributed by atoms with Gasteiger partial charge in [-0.25, -0.2) is 0 Å². The van der Waals surface area contributed by atoms with Gasteiger partial charge in [-0.15, -0.1) is 0 Å². The average molecular weight is 256 g/mol. The SMILES string of the molecule is CCCCCCC1COCC(CCCCCC)O1. The van der Waals surface area contributed by atoms with Crippen molar-refractivity contribution in [1.29, 1.82) is 0 Å². The Morgan fingerprint density at radius 3 is 1.67 bits per heavy atom. The summed E-state index contributed by atoms with van der Waals surface area (Å²) in [5, 5.41) is 0. The molecule has 1 heterocycles. The van der Waals surface area contributed by atoms with Gasteiger partial charge in [0.05, 0.1) is 25.4 Å². The molecule has 2 heteroatoms. The first-order valence-electron chi connectivity index (χ1n) is 8.10. The van der Waals surface area contributed by atoms with Gasteiger partial charge < -0.3 is 9.47 Å². The van der Waals surface area contributed by atoms with Crippen LogP contribution in [0.2, 0.25) is 0 Å². The minimum Gasteiger partial charge on any atom is -0.376 e. The fraction of sp³-hybridized carbons (Fsp3) is 1.00. The van der Waals surface area contributed by atoms with E-state index in [2.05, 4.69) is 13.8 Å². The highest BCUT2D eigenvalue weighted by Crippen LogP contribution is 2.18. The molecule has 0 aromatic heterocycles. The van der Waals surface area contributed by atoms with Crippen molar-refractivity contribution in [3.63, 3.8) is 0 Å². The third-order valence-corrected chi connectivity index (χ3v) is 3.75. The zero-order valence-corrected chi connectivity index (χ0v) is 12.5. The quantitative estimate of drug-likeness (QED) is 0.527. The first-order valence-corrected chi connectivity index (χ1v) is 8.10. The molecule has 2 nitrogen and oxygen atoms in total. The van der Waals surface area contributed by atoms with Crippen LogP contribution >= 0.6 is 0 Å². The molecule has 1 aliphatic heterocycles. The van der Waals surface area contributed by atoms with Crippen molar-refractivity contribution in [3.05, 3.63) is 0 Å². The number of hydrogen-bond donors (Lipinski definition) is 0. The lowest BCUT2D eigenvalue weighted by Crippen LogP contribution is -2.36. The molecule has 2 atom stereocenters. The van der Waals surface area contributed by atoms with Gasteiger partial charge in [0.2, 0.25) is 0 Å². The highest BCUT2D eigenvalue weighted by molar-refractivity contribution is 4.69. The monoisotopic (exact) mass is 256 g/mol. The van der Waals surface area contributed by atoms with Crippen LogP contribution in [0.15, 0.2) is 0 Å². The summed E-state index contributed by atoms with van der Waals surface area (Å²) in [7, 11) is 0. The standard InChI is InChI=1S/C16H32O2/c1-3-5-7-9-11-15-13-17-14-16(18-15)12-10-8-6-4-2/h15-16H,3-14H2,1-2H3. The van der Waals surface area contributed by atoms with Gasteiger partial charge in [0, 0.05) is 0 Å². The summed E-state index contributed by atoms with van der Waals surface area (Å²) < 4.78 is 11.8. The molecular weight excluding hydrogens is 224 g/mol. The second-order valence-corrected chi connectivity index (χ2v) is 5.62. The number of ether oxygens (including phenoxy) is 2. The Labute approximate surface area is 113 Å². The largest absolute Gasteiger partial charge is 0.376 e. The summed E-state index contributed by atoms with van der Waals surface area (Å²) in [5.74, 6) is 0. The van der Waals surface area contributed by atoms with Crippen LogP contribution in [0, 0.1) is 0 Å². The smallest absolute Gasteiger partial charge is 0.0813 e. The van der Waals surface area contributed by atoms with Crippen molar-refractivity contribution < 1.29 is 9.47 Å². The highest BCUT2D eigenvalue weighted by Gasteiger charge is 2.22. The first-order chi connectivity index (χ1) is 8.86. The van der Waals surface area contributed by atoms with Crippen LogP contribution in [0.1, 0.15) is 78.1 Å². The van der Waals surface area contributed by atoms with E-state index in [0.29, 0.717) is 12.2 Å². The van der Waals surface area contributed by atoms with E-state index in [1.54, 1.807) is 0 Å². The number of unbranched alkanes of at least 4 members (excludes halogenated alkanes) is 6. The Morgan fingerprint density at radius 2 is 1.22 bits per heavy atom. The summed E-state index contributed by atoms with van der Waals surface area (Å²) in [6.07, 6.45) is 13.7. The maximum Gasteiger partial charge on any atom is 0.0813 e.